The van der Waals surface area contributed by atoms with E-state index in [1.165, 1.54) is 12.8 Å². The van der Waals surface area contributed by atoms with Gasteiger partial charge in [-0.25, -0.2) is 0 Å². The Morgan fingerprint density at radius 1 is 1.55 bits per heavy atom. The highest BCUT2D eigenvalue weighted by Crippen LogP contribution is 2.10. The van der Waals surface area contributed by atoms with Gasteiger partial charge in [-0.05, 0) is 38.8 Å². The first kappa shape index (κ1) is 19.2. The number of hydrogen-bond donors (Lipinski definition) is 2. The van der Waals surface area contributed by atoms with Crippen LogP contribution in [-0.4, -0.2) is 34.3 Å². The second-order valence-corrected chi connectivity index (χ2v) is 5.03. The molecule has 1 aliphatic rings. The molecule has 2 heterocycles. The van der Waals surface area contributed by atoms with Crippen LogP contribution in [0.3, 0.4) is 0 Å². The van der Waals surface area contributed by atoms with Crippen molar-refractivity contribution in [3.05, 3.63) is 18.5 Å². The molecule has 1 aromatic heterocycles. The van der Waals surface area contributed by atoms with Gasteiger partial charge in [0.25, 0.3) is 0 Å². The number of halogens is 2. The quantitative estimate of drug-likeness (QED) is 0.839. The molecule has 0 saturated carbocycles. The molecule has 2 unspecified atom stereocenters. The van der Waals surface area contributed by atoms with Crippen LogP contribution in [0.4, 0.5) is 0 Å². The van der Waals surface area contributed by atoms with E-state index in [4.69, 9.17) is 0 Å². The minimum Gasteiger partial charge on any atom is -0.352 e. The molecular weight excluding hydrogens is 299 g/mol. The van der Waals surface area contributed by atoms with Gasteiger partial charge in [0.2, 0.25) is 5.91 Å². The second-order valence-electron chi connectivity index (χ2n) is 5.03. The number of carbonyl (C=O) groups is 1. The van der Waals surface area contributed by atoms with Crippen molar-refractivity contribution >= 4 is 30.7 Å². The van der Waals surface area contributed by atoms with Gasteiger partial charge in [-0.2, -0.15) is 5.10 Å². The topological polar surface area (TPSA) is 59.0 Å². The SMILES string of the molecule is CC(Cn1cccn1)NC(=O)CCC1CCCN1.Cl.Cl. The number of nitrogens with one attached hydrogen (secondary N) is 2. The van der Waals surface area contributed by atoms with E-state index in [0.29, 0.717) is 12.5 Å². The molecule has 2 N–H and O–H groups in total. The van der Waals surface area contributed by atoms with E-state index in [1.54, 1.807) is 6.20 Å². The Labute approximate surface area is 132 Å². The highest BCUT2D eigenvalue weighted by molar-refractivity contribution is 5.85. The van der Waals surface area contributed by atoms with Gasteiger partial charge in [-0.1, -0.05) is 0 Å². The largest absolute Gasteiger partial charge is 0.352 e. The first-order valence-corrected chi connectivity index (χ1v) is 6.74. The third-order valence-corrected chi connectivity index (χ3v) is 3.31. The van der Waals surface area contributed by atoms with E-state index >= 15 is 0 Å². The number of aromatic nitrogens is 2. The summed E-state index contributed by atoms with van der Waals surface area (Å²) in [5.74, 6) is 0.142. The summed E-state index contributed by atoms with van der Waals surface area (Å²) in [6.07, 6.45) is 7.66. The smallest absolute Gasteiger partial charge is 0.220 e. The van der Waals surface area contributed by atoms with E-state index < -0.39 is 0 Å². The van der Waals surface area contributed by atoms with Crippen molar-refractivity contribution in [1.82, 2.24) is 20.4 Å². The molecule has 0 spiro atoms. The number of rotatable bonds is 6. The monoisotopic (exact) mass is 322 g/mol. The van der Waals surface area contributed by atoms with Crippen molar-refractivity contribution in [2.24, 2.45) is 0 Å². The van der Waals surface area contributed by atoms with Crippen molar-refractivity contribution in [3.8, 4) is 0 Å². The summed E-state index contributed by atoms with van der Waals surface area (Å²) in [6.45, 7) is 3.83. The predicted octanol–water partition coefficient (Wildman–Crippen LogP) is 1.76. The molecule has 1 fully saturated rings. The number of hydrogen-bond acceptors (Lipinski definition) is 3. The third kappa shape index (κ3) is 6.59. The average Bonchev–Trinajstić information content (AvgIpc) is 2.98. The maximum Gasteiger partial charge on any atom is 0.220 e. The van der Waals surface area contributed by atoms with Crippen LogP contribution >= 0.6 is 24.8 Å². The Morgan fingerprint density at radius 3 is 2.95 bits per heavy atom. The molecule has 0 aromatic carbocycles. The number of nitrogens with zero attached hydrogens (tertiary/aromatic N) is 2. The molecule has 20 heavy (non-hydrogen) atoms. The lowest BCUT2D eigenvalue weighted by molar-refractivity contribution is -0.122. The van der Waals surface area contributed by atoms with Crippen LogP contribution < -0.4 is 10.6 Å². The molecular formula is C13H24Cl2N4O. The van der Waals surface area contributed by atoms with E-state index in [-0.39, 0.29) is 36.8 Å². The third-order valence-electron chi connectivity index (χ3n) is 3.31. The summed E-state index contributed by atoms with van der Waals surface area (Å²) in [5.41, 5.74) is 0. The van der Waals surface area contributed by atoms with E-state index in [1.807, 2.05) is 23.9 Å². The summed E-state index contributed by atoms with van der Waals surface area (Å²) in [6, 6.07) is 2.55. The lowest BCUT2D eigenvalue weighted by Crippen LogP contribution is -2.36. The Kier molecular flexibility index (Phi) is 9.63. The van der Waals surface area contributed by atoms with Gasteiger partial charge in [0, 0.05) is 30.9 Å². The maximum absolute atomic E-state index is 11.8. The van der Waals surface area contributed by atoms with E-state index in [9.17, 15) is 4.79 Å². The van der Waals surface area contributed by atoms with Gasteiger partial charge in [0.1, 0.15) is 0 Å². The lowest BCUT2D eigenvalue weighted by atomic mass is 10.1. The molecule has 1 amide bonds. The minimum atomic E-state index is 0. The molecule has 0 aliphatic carbocycles. The molecule has 7 heteroatoms. The fourth-order valence-electron chi connectivity index (χ4n) is 2.39. The van der Waals surface area contributed by atoms with Crippen LogP contribution in [0.15, 0.2) is 18.5 Å². The van der Waals surface area contributed by atoms with Crippen molar-refractivity contribution in [3.63, 3.8) is 0 Å². The molecule has 0 bridgehead atoms. The van der Waals surface area contributed by atoms with Crippen LogP contribution in [0.25, 0.3) is 0 Å². The summed E-state index contributed by atoms with van der Waals surface area (Å²) in [4.78, 5) is 11.8. The number of carbonyl (C=O) groups excluding carboxylic acids is 1. The minimum absolute atomic E-state index is 0. The van der Waals surface area contributed by atoms with Gasteiger partial charge in [-0.15, -0.1) is 24.8 Å². The van der Waals surface area contributed by atoms with Crippen molar-refractivity contribution < 1.29 is 4.79 Å². The Bertz CT molecular complexity index is 366. The lowest BCUT2D eigenvalue weighted by Gasteiger charge is -2.15. The van der Waals surface area contributed by atoms with Crippen LogP contribution in [0.5, 0.6) is 0 Å². The molecule has 116 valence electrons. The van der Waals surface area contributed by atoms with Crippen molar-refractivity contribution in [2.75, 3.05) is 6.54 Å². The summed E-state index contributed by atoms with van der Waals surface area (Å²) in [5, 5.41) is 10.5. The Hall–Kier alpha value is -0.780. The molecule has 5 nitrogen and oxygen atoms in total. The van der Waals surface area contributed by atoms with Crippen molar-refractivity contribution in [1.29, 1.82) is 0 Å². The van der Waals surface area contributed by atoms with Gasteiger partial charge in [-0.3, -0.25) is 9.48 Å². The second kappa shape index (κ2) is 10.0. The van der Waals surface area contributed by atoms with Crippen LogP contribution in [-0.2, 0) is 11.3 Å². The molecule has 0 radical (unpaired) electrons. The van der Waals surface area contributed by atoms with Crippen molar-refractivity contribution in [2.45, 2.75) is 51.2 Å². The van der Waals surface area contributed by atoms with Crippen LogP contribution in [0.1, 0.15) is 32.6 Å². The average molecular weight is 323 g/mol. The predicted molar refractivity (Wildman–Crippen MR) is 84.6 cm³/mol. The van der Waals surface area contributed by atoms with Gasteiger partial charge in [0.15, 0.2) is 0 Å². The zero-order valence-corrected chi connectivity index (χ0v) is 13.4. The summed E-state index contributed by atoms with van der Waals surface area (Å²) in [7, 11) is 0. The van der Waals surface area contributed by atoms with Gasteiger partial charge in [0.05, 0.1) is 6.54 Å². The fraction of sp³-hybridized carbons (Fsp3) is 0.692. The standard InChI is InChI=1S/C13H22N4O.2ClH/c1-11(10-17-9-3-8-15-17)16-13(18)6-5-12-4-2-7-14-12;;/h3,8-9,11-12,14H,2,4-7,10H2,1H3,(H,16,18);2*1H. The summed E-state index contributed by atoms with van der Waals surface area (Å²) < 4.78 is 1.84. The molecule has 2 atom stereocenters. The Balaban J connectivity index is 0.00000180. The molecule has 1 aromatic rings. The highest BCUT2D eigenvalue weighted by Gasteiger charge is 2.16. The maximum atomic E-state index is 11.8. The Morgan fingerprint density at radius 2 is 2.35 bits per heavy atom. The summed E-state index contributed by atoms with van der Waals surface area (Å²) >= 11 is 0. The fourth-order valence-corrected chi connectivity index (χ4v) is 2.39. The van der Waals surface area contributed by atoms with Crippen LogP contribution in [0, 0.1) is 0 Å². The molecule has 1 aliphatic heterocycles. The molecule has 1 saturated heterocycles. The van der Waals surface area contributed by atoms with Gasteiger partial charge >= 0.3 is 0 Å². The van der Waals surface area contributed by atoms with E-state index in [2.05, 4.69) is 15.7 Å². The highest BCUT2D eigenvalue weighted by atomic mass is 35.5. The zero-order chi connectivity index (χ0) is 12.8. The normalized spacial score (nSPS) is 18.8. The first-order chi connectivity index (χ1) is 8.74. The zero-order valence-electron chi connectivity index (χ0n) is 11.7. The molecule has 2 rings (SSSR count). The first-order valence-electron chi connectivity index (χ1n) is 6.74. The van der Waals surface area contributed by atoms with E-state index in [0.717, 1.165) is 19.5 Å². The van der Waals surface area contributed by atoms with Crippen LogP contribution in [0.2, 0.25) is 0 Å². The van der Waals surface area contributed by atoms with Gasteiger partial charge < -0.3 is 10.6 Å². The number of amides is 1.